The van der Waals surface area contributed by atoms with E-state index in [-0.39, 0.29) is 11.8 Å². The highest BCUT2D eigenvalue weighted by atomic mass is 16.2. The number of anilines is 1. The lowest BCUT2D eigenvalue weighted by molar-refractivity contribution is -0.127. The third-order valence-corrected chi connectivity index (χ3v) is 3.39. The molecule has 0 spiro atoms. The first-order chi connectivity index (χ1) is 10.0. The summed E-state index contributed by atoms with van der Waals surface area (Å²) < 4.78 is 0. The van der Waals surface area contributed by atoms with Crippen molar-refractivity contribution in [3.63, 3.8) is 0 Å². The smallest absolute Gasteiger partial charge is 0.249 e. The first-order valence-corrected chi connectivity index (χ1v) is 7.28. The van der Waals surface area contributed by atoms with Crippen LogP contribution in [0.3, 0.4) is 0 Å². The molecule has 21 heavy (non-hydrogen) atoms. The van der Waals surface area contributed by atoms with Crippen LogP contribution in [0, 0.1) is 13.8 Å². The highest BCUT2D eigenvalue weighted by Crippen LogP contribution is 2.10. The molecule has 1 aromatic rings. The van der Waals surface area contributed by atoms with Gasteiger partial charge in [-0.2, -0.15) is 0 Å². The van der Waals surface area contributed by atoms with E-state index in [2.05, 4.69) is 10.3 Å². The third-order valence-electron chi connectivity index (χ3n) is 3.39. The molecule has 2 rings (SSSR count). The first-order valence-electron chi connectivity index (χ1n) is 7.28. The van der Waals surface area contributed by atoms with E-state index < -0.39 is 0 Å². The number of hydrogen-bond donors (Lipinski definition) is 1. The largest absolute Gasteiger partial charge is 0.339 e. The van der Waals surface area contributed by atoms with E-state index >= 15 is 0 Å². The third kappa shape index (κ3) is 4.70. The number of pyridine rings is 1. The summed E-state index contributed by atoms with van der Waals surface area (Å²) in [5.41, 5.74) is 1.88. The Balaban J connectivity index is 1.91. The van der Waals surface area contributed by atoms with Gasteiger partial charge in [-0.15, -0.1) is 0 Å². The number of aromatic nitrogens is 1. The van der Waals surface area contributed by atoms with Crippen molar-refractivity contribution in [2.24, 2.45) is 0 Å². The van der Waals surface area contributed by atoms with Gasteiger partial charge >= 0.3 is 0 Å². The Morgan fingerprint density at radius 3 is 2.52 bits per heavy atom. The lowest BCUT2D eigenvalue weighted by Crippen LogP contribution is -2.34. The zero-order chi connectivity index (χ0) is 15.2. The molecule has 112 valence electrons. The lowest BCUT2D eigenvalue weighted by atomic mass is 10.1. The van der Waals surface area contributed by atoms with Crippen LogP contribution in [0.2, 0.25) is 0 Å². The molecule has 0 bridgehead atoms. The number of carbonyl (C=O) groups excluding carboxylic acids is 2. The molecule has 1 saturated heterocycles. The minimum absolute atomic E-state index is 0.0989. The summed E-state index contributed by atoms with van der Waals surface area (Å²) in [5.74, 6) is 0.0728. The molecule has 0 radical (unpaired) electrons. The predicted molar refractivity (Wildman–Crippen MR) is 81.9 cm³/mol. The second kappa shape index (κ2) is 7.02. The van der Waals surface area contributed by atoms with Gasteiger partial charge in [-0.1, -0.05) is 0 Å². The molecule has 5 nitrogen and oxygen atoms in total. The minimum Gasteiger partial charge on any atom is -0.339 e. The van der Waals surface area contributed by atoms with Crippen LogP contribution in [0.1, 0.15) is 30.5 Å². The Morgan fingerprint density at radius 2 is 1.86 bits per heavy atom. The number of nitrogens with one attached hydrogen (secondary N) is 1. The van der Waals surface area contributed by atoms with Crippen molar-refractivity contribution in [2.45, 2.75) is 33.1 Å². The van der Waals surface area contributed by atoms with Gasteiger partial charge in [-0.3, -0.25) is 9.59 Å². The SMILES string of the molecule is Cc1cc(C)nc(NC(=O)/C=C\C(=O)N2CCCCC2)c1. The maximum Gasteiger partial charge on any atom is 0.249 e. The zero-order valence-corrected chi connectivity index (χ0v) is 12.6. The number of aryl methyl sites for hydroxylation is 2. The monoisotopic (exact) mass is 287 g/mol. The summed E-state index contributed by atoms with van der Waals surface area (Å²) in [6.07, 6.45) is 5.86. The summed E-state index contributed by atoms with van der Waals surface area (Å²) in [5, 5.41) is 2.67. The molecule has 0 atom stereocenters. The van der Waals surface area contributed by atoms with Crippen molar-refractivity contribution in [1.82, 2.24) is 9.88 Å². The van der Waals surface area contributed by atoms with Crippen molar-refractivity contribution in [3.8, 4) is 0 Å². The van der Waals surface area contributed by atoms with Crippen molar-refractivity contribution in [3.05, 3.63) is 35.5 Å². The second-order valence-corrected chi connectivity index (χ2v) is 5.38. The Morgan fingerprint density at radius 1 is 1.14 bits per heavy atom. The molecule has 1 aliphatic heterocycles. The van der Waals surface area contributed by atoms with E-state index in [0.29, 0.717) is 5.82 Å². The Kier molecular flexibility index (Phi) is 5.09. The summed E-state index contributed by atoms with van der Waals surface area (Å²) in [6, 6.07) is 3.73. The van der Waals surface area contributed by atoms with Crippen LogP contribution in [-0.2, 0) is 9.59 Å². The first kappa shape index (κ1) is 15.2. The number of piperidine rings is 1. The van der Waals surface area contributed by atoms with Gasteiger partial charge in [0.1, 0.15) is 5.82 Å². The van der Waals surface area contributed by atoms with E-state index in [9.17, 15) is 9.59 Å². The summed E-state index contributed by atoms with van der Waals surface area (Å²) in [4.78, 5) is 29.7. The van der Waals surface area contributed by atoms with Crippen LogP contribution in [0.25, 0.3) is 0 Å². The average Bonchev–Trinajstić information content (AvgIpc) is 2.44. The Hall–Kier alpha value is -2.17. The normalized spacial score (nSPS) is 15.2. The van der Waals surface area contributed by atoms with Gasteiger partial charge < -0.3 is 10.2 Å². The van der Waals surface area contributed by atoms with Crippen LogP contribution in [0.5, 0.6) is 0 Å². The maximum atomic E-state index is 11.9. The highest BCUT2D eigenvalue weighted by Gasteiger charge is 2.14. The number of hydrogen-bond acceptors (Lipinski definition) is 3. The average molecular weight is 287 g/mol. The summed E-state index contributed by atoms with van der Waals surface area (Å²) in [7, 11) is 0. The fourth-order valence-electron chi connectivity index (χ4n) is 2.44. The molecule has 2 heterocycles. The zero-order valence-electron chi connectivity index (χ0n) is 12.6. The van der Waals surface area contributed by atoms with E-state index in [4.69, 9.17) is 0 Å². The summed E-state index contributed by atoms with van der Waals surface area (Å²) >= 11 is 0. The van der Waals surface area contributed by atoms with Gasteiger partial charge in [0.25, 0.3) is 0 Å². The maximum absolute atomic E-state index is 11.9. The molecule has 1 aliphatic rings. The van der Waals surface area contributed by atoms with E-state index in [1.807, 2.05) is 19.9 Å². The quantitative estimate of drug-likeness (QED) is 0.867. The summed E-state index contributed by atoms with van der Waals surface area (Å²) in [6.45, 7) is 5.38. The molecular weight excluding hydrogens is 266 g/mol. The van der Waals surface area contributed by atoms with Gasteiger partial charge in [-0.05, 0) is 50.8 Å². The molecule has 2 amide bonds. The number of nitrogens with zero attached hydrogens (tertiary/aromatic N) is 2. The number of amides is 2. The van der Waals surface area contributed by atoms with Gasteiger partial charge in [-0.25, -0.2) is 4.98 Å². The van der Waals surface area contributed by atoms with E-state index in [0.717, 1.165) is 37.2 Å². The van der Waals surface area contributed by atoms with Gasteiger partial charge in [0, 0.05) is 30.9 Å². The highest BCUT2D eigenvalue weighted by molar-refractivity contribution is 6.03. The van der Waals surface area contributed by atoms with Crippen LogP contribution < -0.4 is 5.32 Å². The van der Waals surface area contributed by atoms with Crippen LogP contribution in [-0.4, -0.2) is 34.8 Å². The molecule has 1 aromatic heterocycles. The fraction of sp³-hybridized carbons (Fsp3) is 0.438. The number of rotatable bonds is 3. The standard InChI is InChI=1S/C16H21N3O2/c1-12-10-13(2)17-14(11-12)18-15(20)6-7-16(21)19-8-4-3-5-9-19/h6-7,10-11H,3-5,8-9H2,1-2H3,(H,17,18,20)/b7-6-. The molecule has 0 aromatic carbocycles. The lowest BCUT2D eigenvalue weighted by Gasteiger charge is -2.25. The topological polar surface area (TPSA) is 62.3 Å². The van der Waals surface area contributed by atoms with E-state index in [1.165, 1.54) is 18.6 Å². The molecule has 0 saturated carbocycles. The molecule has 5 heteroatoms. The van der Waals surface area contributed by atoms with Gasteiger partial charge in [0.15, 0.2) is 0 Å². The Bertz CT molecular complexity index is 540. The second-order valence-electron chi connectivity index (χ2n) is 5.38. The number of likely N-dealkylation sites (tertiary alicyclic amines) is 1. The van der Waals surface area contributed by atoms with Crippen molar-refractivity contribution in [1.29, 1.82) is 0 Å². The Labute approximate surface area is 125 Å². The molecular formula is C16H21N3O2. The predicted octanol–water partition coefficient (Wildman–Crippen LogP) is 2.21. The minimum atomic E-state index is -0.335. The number of carbonyl (C=O) groups is 2. The van der Waals surface area contributed by atoms with E-state index in [1.54, 1.807) is 11.0 Å². The van der Waals surface area contributed by atoms with Crippen molar-refractivity contribution >= 4 is 17.6 Å². The van der Waals surface area contributed by atoms with Crippen LogP contribution >= 0.6 is 0 Å². The van der Waals surface area contributed by atoms with Gasteiger partial charge in [0.05, 0.1) is 0 Å². The van der Waals surface area contributed by atoms with Crippen LogP contribution in [0.15, 0.2) is 24.3 Å². The molecule has 1 fully saturated rings. The molecule has 0 aliphatic carbocycles. The molecule has 1 N–H and O–H groups in total. The van der Waals surface area contributed by atoms with Crippen LogP contribution in [0.4, 0.5) is 5.82 Å². The fourth-order valence-corrected chi connectivity index (χ4v) is 2.44. The van der Waals surface area contributed by atoms with Crippen molar-refractivity contribution in [2.75, 3.05) is 18.4 Å². The van der Waals surface area contributed by atoms with Gasteiger partial charge in [0.2, 0.25) is 11.8 Å². The van der Waals surface area contributed by atoms with Crippen molar-refractivity contribution < 1.29 is 9.59 Å². The molecule has 0 unspecified atom stereocenters.